The van der Waals surface area contributed by atoms with Crippen LogP contribution in [-0.2, 0) is 6.54 Å². The number of hydrogen-bond acceptors (Lipinski definition) is 6. The van der Waals surface area contributed by atoms with E-state index in [0.717, 1.165) is 55.4 Å². The molecule has 0 radical (unpaired) electrons. The van der Waals surface area contributed by atoms with Gasteiger partial charge in [-0.15, -0.1) is 0 Å². The van der Waals surface area contributed by atoms with Crippen LogP contribution >= 0.6 is 0 Å². The van der Waals surface area contributed by atoms with Crippen LogP contribution in [0.3, 0.4) is 0 Å². The van der Waals surface area contributed by atoms with Crippen molar-refractivity contribution in [3.8, 4) is 17.2 Å². The number of nitrogens with zero attached hydrogens (tertiary/aromatic N) is 3. The molecule has 1 aromatic heterocycles. The fourth-order valence-corrected chi connectivity index (χ4v) is 4.16. The minimum absolute atomic E-state index is 0.645. The van der Waals surface area contributed by atoms with Gasteiger partial charge in [-0.3, -0.25) is 4.90 Å². The van der Waals surface area contributed by atoms with Crippen molar-refractivity contribution in [1.29, 1.82) is 0 Å². The monoisotopic (exact) mass is 407 g/mol. The number of methoxy groups -OCH3 is 3. The van der Waals surface area contributed by atoms with Crippen LogP contribution in [0.2, 0.25) is 0 Å². The molecule has 4 rings (SSSR count). The first-order chi connectivity index (χ1) is 14.6. The Morgan fingerprint density at radius 1 is 0.867 bits per heavy atom. The van der Waals surface area contributed by atoms with Crippen molar-refractivity contribution in [2.24, 2.45) is 0 Å². The van der Waals surface area contributed by atoms with Gasteiger partial charge in [-0.25, -0.2) is 4.98 Å². The fourth-order valence-electron chi connectivity index (χ4n) is 4.16. The molecule has 0 aliphatic carbocycles. The highest BCUT2D eigenvalue weighted by atomic mass is 16.5. The third kappa shape index (κ3) is 3.87. The summed E-state index contributed by atoms with van der Waals surface area (Å²) in [4.78, 5) is 9.71. The van der Waals surface area contributed by atoms with E-state index in [2.05, 4.69) is 47.1 Å². The Bertz CT molecular complexity index is 1030. The number of hydrogen-bond donors (Lipinski definition) is 0. The van der Waals surface area contributed by atoms with Gasteiger partial charge in [0.2, 0.25) is 5.75 Å². The van der Waals surface area contributed by atoms with Gasteiger partial charge in [0.25, 0.3) is 0 Å². The second-order valence-corrected chi connectivity index (χ2v) is 7.57. The van der Waals surface area contributed by atoms with Crippen molar-refractivity contribution in [2.45, 2.75) is 13.5 Å². The number of anilines is 1. The summed E-state index contributed by atoms with van der Waals surface area (Å²) in [5.41, 5.74) is 3.43. The largest absolute Gasteiger partial charge is 0.493 e. The van der Waals surface area contributed by atoms with Crippen LogP contribution in [0, 0.1) is 6.92 Å². The molecule has 0 atom stereocenters. The number of benzene rings is 2. The molecule has 1 aliphatic heterocycles. The normalized spacial score (nSPS) is 14.7. The molecule has 6 heteroatoms. The van der Waals surface area contributed by atoms with E-state index >= 15 is 0 Å². The lowest BCUT2D eigenvalue weighted by Crippen LogP contribution is -2.46. The maximum atomic E-state index is 5.64. The van der Waals surface area contributed by atoms with E-state index in [4.69, 9.17) is 19.2 Å². The van der Waals surface area contributed by atoms with Crippen LogP contribution in [0.1, 0.15) is 11.1 Å². The Kier molecular flexibility index (Phi) is 5.95. The molecule has 30 heavy (non-hydrogen) atoms. The smallest absolute Gasteiger partial charge is 0.203 e. The van der Waals surface area contributed by atoms with Crippen molar-refractivity contribution in [1.82, 2.24) is 9.88 Å². The summed E-state index contributed by atoms with van der Waals surface area (Å²) < 4.78 is 16.6. The van der Waals surface area contributed by atoms with Gasteiger partial charge in [0, 0.05) is 43.7 Å². The highest BCUT2D eigenvalue weighted by Crippen LogP contribution is 2.40. The van der Waals surface area contributed by atoms with Gasteiger partial charge in [0.15, 0.2) is 11.5 Å². The lowest BCUT2D eigenvalue weighted by molar-refractivity contribution is 0.243. The molecule has 1 fully saturated rings. The van der Waals surface area contributed by atoms with E-state index < -0.39 is 0 Å². The van der Waals surface area contributed by atoms with Crippen LogP contribution in [-0.4, -0.2) is 57.4 Å². The summed E-state index contributed by atoms with van der Waals surface area (Å²) in [5.74, 6) is 3.13. The van der Waals surface area contributed by atoms with Gasteiger partial charge in [0.1, 0.15) is 5.82 Å². The first kappa shape index (κ1) is 20.3. The molecule has 0 unspecified atom stereocenters. The molecule has 2 heterocycles. The third-order valence-electron chi connectivity index (χ3n) is 5.79. The SMILES string of the molecule is COc1ccc(CN2CCN(c3cc(C)c4ccccc4n3)CC2)c(OC)c1OC. The highest BCUT2D eigenvalue weighted by molar-refractivity contribution is 5.83. The zero-order valence-electron chi connectivity index (χ0n) is 18.1. The molecule has 0 bridgehead atoms. The standard InChI is InChI=1S/C24H29N3O3/c1-17-15-22(25-20-8-6-5-7-19(17)20)27-13-11-26(12-14-27)16-18-9-10-21(28-2)24(30-4)23(18)29-3/h5-10,15H,11-14,16H2,1-4H3. The second kappa shape index (κ2) is 8.79. The van der Waals surface area contributed by atoms with Gasteiger partial charge >= 0.3 is 0 Å². The first-order valence-corrected chi connectivity index (χ1v) is 10.3. The average molecular weight is 408 g/mol. The summed E-state index contributed by atoms with van der Waals surface area (Å²) in [6.07, 6.45) is 0. The molecule has 3 aromatic rings. The molecule has 0 saturated carbocycles. The van der Waals surface area contributed by atoms with E-state index in [0.29, 0.717) is 11.5 Å². The highest BCUT2D eigenvalue weighted by Gasteiger charge is 2.22. The topological polar surface area (TPSA) is 47.1 Å². The van der Waals surface area contributed by atoms with Crippen molar-refractivity contribution < 1.29 is 14.2 Å². The van der Waals surface area contributed by atoms with Crippen molar-refractivity contribution in [3.63, 3.8) is 0 Å². The van der Waals surface area contributed by atoms with E-state index in [1.165, 1.54) is 10.9 Å². The number of piperazine rings is 1. The number of aryl methyl sites for hydroxylation is 1. The molecule has 0 amide bonds. The molecule has 0 N–H and O–H groups in total. The number of rotatable bonds is 6. The van der Waals surface area contributed by atoms with Crippen molar-refractivity contribution >= 4 is 16.7 Å². The van der Waals surface area contributed by atoms with Crippen LogP contribution in [0.25, 0.3) is 10.9 Å². The van der Waals surface area contributed by atoms with Crippen molar-refractivity contribution in [3.05, 3.63) is 53.6 Å². The van der Waals surface area contributed by atoms with E-state index in [-0.39, 0.29) is 0 Å². The maximum Gasteiger partial charge on any atom is 0.203 e. The van der Waals surface area contributed by atoms with E-state index in [9.17, 15) is 0 Å². The average Bonchev–Trinajstić information content (AvgIpc) is 2.79. The second-order valence-electron chi connectivity index (χ2n) is 7.57. The van der Waals surface area contributed by atoms with Crippen LogP contribution in [0.15, 0.2) is 42.5 Å². The number of pyridine rings is 1. The minimum Gasteiger partial charge on any atom is -0.493 e. The van der Waals surface area contributed by atoms with E-state index in [1.54, 1.807) is 21.3 Å². The molecule has 2 aromatic carbocycles. The summed E-state index contributed by atoms with van der Waals surface area (Å²) in [7, 11) is 4.95. The number of ether oxygens (including phenoxy) is 3. The number of para-hydroxylation sites is 1. The quantitative estimate of drug-likeness (QED) is 0.618. The van der Waals surface area contributed by atoms with E-state index in [1.807, 2.05) is 12.1 Å². The Hall–Kier alpha value is -2.99. The molecule has 1 aliphatic rings. The van der Waals surface area contributed by atoms with Gasteiger partial charge in [-0.05, 0) is 30.7 Å². The zero-order valence-corrected chi connectivity index (χ0v) is 18.1. The molecule has 158 valence electrons. The van der Waals surface area contributed by atoms with Crippen LogP contribution in [0.4, 0.5) is 5.82 Å². The lowest BCUT2D eigenvalue weighted by Gasteiger charge is -2.36. The molecular formula is C24H29N3O3. The fraction of sp³-hybridized carbons (Fsp3) is 0.375. The van der Waals surface area contributed by atoms with Crippen LogP contribution in [0.5, 0.6) is 17.2 Å². The van der Waals surface area contributed by atoms with Gasteiger partial charge in [-0.2, -0.15) is 0 Å². The van der Waals surface area contributed by atoms with Crippen LogP contribution < -0.4 is 19.1 Å². The van der Waals surface area contributed by atoms with Gasteiger partial charge in [-0.1, -0.05) is 24.3 Å². The van der Waals surface area contributed by atoms with Gasteiger partial charge < -0.3 is 19.1 Å². The predicted molar refractivity (Wildman–Crippen MR) is 120 cm³/mol. The Balaban J connectivity index is 1.47. The number of fused-ring (bicyclic) bond motifs is 1. The zero-order chi connectivity index (χ0) is 21.1. The molecule has 0 spiro atoms. The Morgan fingerprint density at radius 2 is 1.60 bits per heavy atom. The summed E-state index contributed by atoms with van der Waals surface area (Å²) >= 11 is 0. The summed E-state index contributed by atoms with van der Waals surface area (Å²) in [6, 6.07) is 14.5. The van der Waals surface area contributed by atoms with Crippen molar-refractivity contribution in [2.75, 3.05) is 52.4 Å². The lowest BCUT2D eigenvalue weighted by atomic mass is 10.1. The third-order valence-corrected chi connectivity index (χ3v) is 5.79. The Labute approximate surface area is 178 Å². The van der Waals surface area contributed by atoms with Gasteiger partial charge in [0.05, 0.1) is 26.8 Å². The maximum absolute atomic E-state index is 5.64. The molecular weight excluding hydrogens is 378 g/mol. The predicted octanol–water partition coefficient (Wildman–Crippen LogP) is 3.89. The summed E-state index contributed by atoms with van der Waals surface area (Å²) in [6.45, 7) is 6.78. The molecule has 6 nitrogen and oxygen atoms in total. The minimum atomic E-state index is 0.645. The Morgan fingerprint density at radius 3 is 2.30 bits per heavy atom. The molecule has 1 saturated heterocycles. The first-order valence-electron chi connectivity index (χ1n) is 10.3. The summed E-state index contributed by atoms with van der Waals surface area (Å²) in [5, 5.41) is 1.22. The number of aromatic nitrogens is 1.